The number of piperazine rings is 1. The number of nitrogens with zero attached hydrogens (tertiary/aromatic N) is 2. The smallest absolute Gasteiger partial charge is 0.254 e. The average Bonchev–Trinajstić information content (AvgIpc) is 3.39. The van der Waals surface area contributed by atoms with E-state index in [1.165, 1.54) is 12.1 Å². The minimum Gasteiger partial charge on any atom is -0.493 e. The first-order valence-corrected chi connectivity index (χ1v) is 14.1. The first-order chi connectivity index (χ1) is 19.8. The van der Waals surface area contributed by atoms with Crippen LogP contribution in [0.3, 0.4) is 0 Å². The molecule has 41 heavy (non-hydrogen) atoms. The predicted molar refractivity (Wildman–Crippen MR) is 155 cm³/mol. The van der Waals surface area contributed by atoms with Gasteiger partial charge >= 0.3 is 0 Å². The normalized spacial score (nSPS) is 20.2. The lowest BCUT2D eigenvalue weighted by Crippen LogP contribution is -2.67. The summed E-state index contributed by atoms with van der Waals surface area (Å²) in [5.74, 6) is 0.621. The van der Waals surface area contributed by atoms with E-state index in [9.17, 15) is 14.0 Å². The molecule has 2 unspecified atom stereocenters. The summed E-state index contributed by atoms with van der Waals surface area (Å²) in [5, 5.41) is 1.03. The molecule has 1 aromatic heterocycles. The Bertz CT molecular complexity index is 1610. The van der Waals surface area contributed by atoms with Gasteiger partial charge in [-0.3, -0.25) is 9.59 Å². The molecule has 0 bridgehead atoms. The van der Waals surface area contributed by atoms with Crippen molar-refractivity contribution < 1.29 is 23.5 Å². The van der Waals surface area contributed by atoms with Gasteiger partial charge in [-0.25, -0.2) is 4.39 Å². The Morgan fingerprint density at radius 3 is 2.59 bits per heavy atom. The molecule has 0 aliphatic carbocycles. The lowest BCUT2D eigenvalue weighted by Gasteiger charge is -2.51. The van der Waals surface area contributed by atoms with Crippen LogP contribution in [0.5, 0.6) is 11.5 Å². The average molecular weight is 556 g/mol. The molecule has 7 nitrogen and oxygen atoms in total. The number of hydrogen-bond donors (Lipinski definition) is 1. The van der Waals surface area contributed by atoms with Crippen molar-refractivity contribution >= 4 is 22.7 Å². The van der Waals surface area contributed by atoms with E-state index in [1.54, 1.807) is 29.0 Å². The predicted octanol–water partition coefficient (Wildman–Crippen LogP) is 5.38. The molecule has 1 fully saturated rings. The number of rotatable bonds is 8. The first kappa shape index (κ1) is 26.9. The fourth-order valence-electron chi connectivity index (χ4n) is 6.30. The zero-order chi connectivity index (χ0) is 28.7. The van der Waals surface area contributed by atoms with Gasteiger partial charge in [0.25, 0.3) is 5.91 Å². The monoisotopic (exact) mass is 555 g/mol. The number of para-hydroxylation sites is 1. The van der Waals surface area contributed by atoms with Crippen LogP contribution in [0.4, 0.5) is 4.39 Å². The van der Waals surface area contributed by atoms with Gasteiger partial charge in [-0.05, 0) is 66.8 Å². The standard InChI is InChI=1S/C33H34FN3O4/c1-4-17-41-27-14-11-22(18-28(27)40-3)25-19-37-29(38)20-36(16-15-21-9-12-23(34)13-10-21)32(39)33(37,2)31-30(25)24-7-5-6-8-26(24)35-31/h5-14,18,25,35H,4,15-17,19-20H2,1-3H3. The lowest BCUT2D eigenvalue weighted by atomic mass is 9.76. The molecular weight excluding hydrogens is 521 g/mol. The number of fused-ring (bicyclic) bond motifs is 5. The molecule has 4 aromatic rings. The maximum Gasteiger partial charge on any atom is 0.254 e. The molecule has 0 saturated carbocycles. The van der Waals surface area contributed by atoms with Crippen molar-refractivity contribution in [3.8, 4) is 11.5 Å². The summed E-state index contributed by atoms with van der Waals surface area (Å²) in [6.07, 6.45) is 1.42. The van der Waals surface area contributed by atoms with Gasteiger partial charge in [0, 0.05) is 29.9 Å². The van der Waals surface area contributed by atoms with E-state index < -0.39 is 5.54 Å². The zero-order valence-corrected chi connectivity index (χ0v) is 23.6. The highest BCUT2D eigenvalue weighted by atomic mass is 19.1. The molecule has 2 aliphatic rings. The van der Waals surface area contributed by atoms with E-state index in [0.29, 0.717) is 37.6 Å². The van der Waals surface area contributed by atoms with Crippen LogP contribution in [0.25, 0.3) is 10.9 Å². The highest BCUT2D eigenvalue weighted by Crippen LogP contribution is 2.49. The zero-order valence-electron chi connectivity index (χ0n) is 23.6. The maximum atomic E-state index is 14.2. The Morgan fingerprint density at radius 1 is 1.05 bits per heavy atom. The summed E-state index contributed by atoms with van der Waals surface area (Å²) >= 11 is 0. The molecule has 1 saturated heterocycles. The summed E-state index contributed by atoms with van der Waals surface area (Å²) in [6.45, 7) is 5.23. The van der Waals surface area contributed by atoms with Crippen LogP contribution in [0, 0.1) is 5.82 Å². The lowest BCUT2D eigenvalue weighted by molar-refractivity contribution is -0.166. The van der Waals surface area contributed by atoms with Gasteiger partial charge in [0.1, 0.15) is 5.82 Å². The van der Waals surface area contributed by atoms with Crippen molar-refractivity contribution in [2.45, 2.75) is 38.1 Å². The Morgan fingerprint density at radius 2 is 1.83 bits per heavy atom. The van der Waals surface area contributed by atoms with Crippen molar-refractivity contribution in [2.24, 2.45) is 0 Å². The van der Waals surface area contributed by atoms with E-state index in [-0.39, 0.29) is 30.1 Å². The van der Waals surface area contributed by atoms with Crippen LogP contribution < -0.4 is 9.47 Å². The summed E-state index contributed by atoms with van der Waals surface area (Å²) < 4.78 is 25.0. The highest BCUT2D eigenvalue weighted by molar-refractivity contribution is 6.01. The van der Waals surface area contributed by atoms with Crippen molar-refractivity contribution in [3.05, 3.63) is 94.9 Å². The maximum absolute atomic E-state index is 14.2. The van der Waals surface area contributed by atoms with Crippen molar-refractivity contribution in [1.29, 1.82) is 0 Å². The Balaban J connectivity index is 1.41. The SMILES string of the molecule is CCCOc1ccc(C2CN3C(=O)CN(CCc4ccc(F)cc4)C(=O)C3(C)c3[nH]c4ccccc4c32)cc1OC. The molecule has 0 radical (unpaired) electrons. The number of carbonyl (C=O) groups excluding carboxylic acids is 2. The Labute approximate surface area is 238 Å². The topological polar surface area (TPSA) is 74.9 Å². The molecule has 212 valence electrons. The third-order valence-electron chi connectivity index (χ3n) is 8.45. The molecule has 3 aromatic carbocycles. The van der Waals surface area contributed by atoms with Gasteiger partial charge in [-0.1, -0.05) is 43.3 Å². The number of H-pyrrole nitrogens is 1. The minimum absolute atomic E-state index is 0.00498. The Hall–Kier alpha value is -4.33. The summed E-state index contributed by atoms with van der Waals surface area (Å²) in [5.41, 5.74) is 3.39. The fourth-order valence-corrected chi connectivity index (χ4v) is 6.30. The number of amides is 2. The van der Waals surface area contributed by atoms with Crippen LogP contribution in [-0.2, 0) is 21.5 Å². The quantitative estimate of drug-likeness (QED) is 0.317. The number of hydrogen-bond acceptors (Lipinski definition) is 4. The van der Waals surface area contributed by atoms with Crippen LogP contribution in [0.1, 0.15) is 48.6 Å². The largest absolute Gasteiger partial charge is 0.493 e. The summed E-state index contributed by atoms with van der Waals surface area (Å²) in [7, 11) is 1.63. The molecule has 1 N–H and O–H groups in total. The van der Waals surface area contributed by atoms with Crippen LogP contribution in [0.15, 0.2) is 66.7 Å². The van der Waals surface area contributed by atoms with E-state index in [0.717, 1.165) is 39.7 Å². The van der Waals surface area contributed by atoms with Crippen LogP contribution in [0.2, 0.25) is 0 Å². The highest BCUT2D eigenvalue weighted by Gasteiger charge is 2.56. The molecule has 2 aliphatic heterocycles. The van der Waals surface area contributed by atoms with Crippen LogP contribution in [-0.4, -0.2) is 59.9 Å². The van der Waals surface area contributed by atoms with E-state index >= 15 is 0 Å². The van der Waals surface area contributed by atoms with Gasteiger partial charge in [-0.2, -0.15) is 0 Å². The molecule has 0 spiro atoms. The summed E-state index contributed by atoms with van der Waals surface area (Å²) in [6, 6.07) is 20.2. The van der Waals surface area contributed by atoms with Gasteiger partial charge in [0.05, 0.1) is 26.0 Å². The second kappa shape index (κ2) is 10.6. The fraction of sp³-hybridized carbons (Fsp3) is 0.333. The number of nitrogens with one attached hydrogen (secondary N) is 1. The summed E-state index contributed by atoms with van der Waals surface area (Å²) in [4.78, 5) is 34.9. The minimum atomic E-state index is -1.18. The van der Waals surface area contributed by atoms with Crippen molar-refractivity contribution in [1.82, 2.24) is 14.8 Å². The van der Waals surface area contributed by atoms with Crippen LogP contribution >= 0.6 is 0 Å². The van der Waals surface area contributed by atoms with E-state index in [2.05, 4.69) is 18.0 Å². The number of aromatic amines is 1. The molecule has 2 amide bonds. The molecule has 3 heterocycles. The van der Waals surface area contributed by atoms with E-state index in [1.807, 2.05) is 43.3 Å². The molecular formula is C33H34FN3O4. The number of methoxy groups -OCH3 is 1. The number of aromatic nitrogens is 1. The third kappa shape index (κ3) is 4.51. The Kier molecular flexibility index (Phi) is 6.93. The number of benzene rings is 3. The van der Waals surface area contributed by atoms with Gasteiger partial charge in [0.2, 0.25) is 5.91 Å². The van der Waals surface area contributed by atoms with Gasteiger partial charge in [0.15, 0.2) is 17.0 Å². The van der Waals surface area contributed by atoms with Crippen molar-refractivity contribution in [3.63, 3.8) is 0 Å². The molecule has 2 atom stereocenters. The second-order valence-electron chi connectivity index (χ2n) is 11.0. The molecule has 6 rings (SSSR count). The number of carbonyl (C=O) groups is 2. The molecule has 8 heteroatoms. The third-order valence-corrected chi connectivity index (χ3v) is 8.45. The second-order valence-corrected chi connectivity index (χ2v) is 11.0. The van der Waals surface area contributed by atoms with Gasteiger partial charge < -0.3 is 24.3 Å². The first-order valence-electron chi connectivity index (χ1n) is 14.1. The number of halogens is 1. The van der Waals surface area contributed by atoms with E-state index in [4.69, 9.17) is 9.47 Å². The van der Waals surface area contributed by atoms with Gasteiger partial charge in [-0.15, -0.1) is 0 Å². The van der Waals surface area contributed by atoms with Crippen molar-refractivity contribution in [2.75, 3.05) is 33.4 Å². The number of ether oxygens (including phenoxy) is 2.